The molecule has 1 aromatic rings. The number of hydrazone groups is 1. The number of carbonyl (C=O) groups is 3. The van der Waals surface area contributed by atoms with E-state index in [4.69, 9.17) is 10.9 Å². The van der Waals surface area contributed by atoms with Crippen LogP contribution in [0, 0.1) is 5.92 Å². The van der Waals surface area contributed by atoms with Crippen LogP contribution in [-0.2, 0) is 20.8 Å². The molecule has 0 aromatic heterocycles. The van der Waals surface area contributed by atoms with Crippen molar-refractivity contribution in [3.8, 4) is 0 Å². The van der Waals surface area contributed by atoms with Crippen LogP contribution in [0.15, 0.2) is 29.4 Å². The molecule has 0 radical (unpaired) electrons. The lowest BCUT2D eigenvalue weighted by molar-refractivity contribution is -0.149. The molecule has 0 saturated carbocycles. The van der Waals surface area contributed by atoms with Crippen LogP contribution >= 0.6 is 12.4 Å². The predicted octanol–water partition coefficient (Wildman–Crippen LogP) is 0.403. The summed E-state index contributed by atoms with van der Waals surface area (Å²) in [5.74, 6) is 2.51. The molecule has 2 amide bonds. The molecule has 1 unspecified atom stereocenters. The number of amides is 2. The Hall–Kier alpha value is -2.41. The van der Waals surface area contributed by atoms with Gasteiger partial charge in [0.1, 0.15) is 6.54 Å². The van der Waals surface area contributed by atoms with Gasteiger partial charge in [-0.05, 0) is 17.5 Å². The Morgan fingerprint density at radius 1 is 1.36 bits per heavy atom. The summed E-state index contributed by atoms with van der Waals surface area (Å²) >= 11 is 0. The first-order valence-electron chi connectivity index (χ1n) is 6.39. The third kappa shape index (κ3) is 4.05. The number of hydrogen-bond acceptors (Lipinski definition) is 5. The number of rotatable bonds is 5. The molecule has 1 saturated heterocycles. The second kappa shape index (κ2) is 7.56. The normalized spacial score (nSPS) is 17.8. The van der Waals surface area contributed by atoms with Gasteiger partial charge in [-0.25, -0.2) is 0 Å². The zero-order chi connectivity index (χ0) is 15.4. The molecule has 0 bridgehead atoms. The predicted molar refractivity (Wildman–Crippen MR) is 81.6 cm³/mol. The van der Waals surface area contributed by atoms with Gasteiger partial charge in [-0.1, -0.05) is 24.3 Å². The van der Waals surface area contributed by atoms with Crippen molar-refractivity contribution >= 4 is 36.4 Å². The van der Waals surface area contributed by atoms with Crippen molar-refractivity contribution in [1.29, 1.82) is 0 Å². The number of nitrogens with two attached hydrogens (primary N) is 1. The average molecular weight is 326 g/mol. The highest BCUT2D eigenvalue weighted by Gasteiger charge is 2.39. The molecule has 1 heterocycles. The number of carboxylic acids is 1. The van der Waals surface area contributed by atoms with Gasteiger partial charge in [0.25, 0.3) is 0 Å². The number of benzene rings is 1. The van der Waals surface area contributed by atoms with Gasteiger partial charge in [-0.2, -0.15) is 5.10 Å². The smallest absolute Gasteiger partial charge is 0.323 e. The van der Waals surface area contributed by atoms with E-state index in [9.17, 15) is 14.4 Å². The highest BCUT2D eigenvalue weighted by atomic mass is 35.5. The quantitative estimate of drug-likeness (QED) is 0.352. The lowest BCUT2D eigenvalue weighted by Crippen LogP contribution is -2.35. The van der Waals surface area contributed by atoms with Crippen LogP contribution in [0.25, 0.3) is 0 Å². The second-order valence-electron chi connectivity index (χ2n) is 4.84. The molecule has 1 fully saturated rings. The van der Waals surface area contributed by atoms with Crippen LogP contribution in [0.2, 0.25) is 0 Å². The van der Waals surface area contributed by atoms with Gasteiger partial charge in [-0.3, -0.25) is 19.3 Å². The number of carboxylic acid groups (broad SMARTS) is 1. The first-order chi connectivity index (χ1) is 10.0. The zero-order valence-electron chi connectivity index (χ0n) is 11.6. The third-order valence-corrected chi connectivity index (χ3v) is 3.32. The number of nitrogens with zero attached hydrogens (tertiary/aromatic N) is 2. The lowest BCUT2D eigenvalue weighted by Gasteiger charge is -2.12. The van der Waals surface area contributed by atoms with Crippen molar-refractivity contribution < 1.29 is 19.5 Å². The molecule has 1 aliphatic heterocycles. The van der Waals surface area contributed by atoms with Gasteiger partial charge in [0.05, 0.1) is 12.1 Å². The molecule has 8 heteroatoms. The van der Waals surface area contributed by atoms with E-state index in [1.54, 1.807) is 0 Å². The fourth-order valence-electron chi connectivity index (χ4n) is 2.32. The summed E-state index contributed by atoms with van der Waals surface area (Å²) in [7, 11) is 0. The van der Waals surface area contributed by atoms with Gasteiger partial charge < -0.3 is 10.9 Å². The highest BCUT2D eigenvalue weighted by Crippen LogP contribution is 2.23. The van der Waals surface area contributed by atoms with Gasteiger partial charge in [0.15, 0.2) is 0 Å². The first-order valence-corrected chi connectivity index (χ1v) is 6.39. The molecule has 1 atom stereocenters. The standard InChI is InChI=1S/C14H15N3O4.ClH/c15-16-7-10-3-1-9(2-4-10)5-11-6-12(18)17(14(11)21)8-13(19)20;/h1-4,7,11H,5-6,8,15H2,(H,19,20);1H. The lowest BCUT2D eigenvalue weighted by atomic mass is 9.97. The molecule has 1 aromatic carbocycles. The molecule has 2 rings (SSSR count). The monoisotopic (exact) mass is 325 g/mol. The van der Waals surface area contributed by atoms with Crippen LogP contribution in [0.3, 0.4) is 0 Å². The number of carbonyl (C=O) groups excluding carboxylic acids is 2. The van der Waals surface area contributed by atoms with Crippen LogP contribution in [-0.4, -0.2) is 40.5 Å². The van der Waals surface area contributed by atoms with E-state index in [0.717, 1.165) is 16.0 Å². The number of aliphatic carboxylic acids is 1. The summed E-state index contributed by atoms with van der Waals surface area (Å²) in [6.45, 7) is -0.569. The van der Waals surface area contributed by atoms with Crippen molar-refractivity contribution in [3.63, 3.8) is 0 Å². The first kappa shape index (κ1) is 17.6. The minimum atomic E-state index is -1.19. The Morgan fingerprint density at radius 2 is 2.00 bits per heavy atom. The minimum Gasteiger partial charge on any atom is -0.480 e. The van der Waals surface area contributed by atoms with E-state index in [2.05, 4.69) is 5.10 Å². The molecule has 22 heavy (non-hydrogen) atoms. The van der Waals surface area contributed by atoms with Crippen LogP contribution < -0.4 is 5.84 Å². The Morgan fingerprint density at radius 3 is 2.55 bits per heavy atom. The largest absolute Gasteiger partial charge is 0.480 e. The van der Waals surface area contributed by atoms with E-state index in [1.165, 1.54) is 6.21 Å². The average Bonchev–Trinajstić information content (AvgIpc) is 2.69. The van der Waals surface area contributed by atoms with Crippen molar-refractivity contribution in [2.45, 2.75) is 12.8 Å². The van der Waals surface area contributed by atoms with E-state index in [1.807, 2.05) is 24.3 Å². The maximum Gasteiger partial charge on any atom is 0.323 e. The molecule has 7 nitrogen and oxygen atoms in total. The molecule has 3 N–H and O–H groups in total. The fourth-order valence-corrected chi connectivity index (χ4v) is 2.32. The summed E-state index contributed by atoms with van der Waals surface area (Å²) in [6.07, 6.45) is 1.96. The third-order valence-electron chi connectivity index (χ3n) is 3.32. The summed E-state index contributed by atoms with van der Waals surface area (Å²) in [6, 6.07) is 7.27. The van der Waals surface area contributed by atoms with Crippen molar-refractivity contribution in [2.75, 3.05) is 6.54 Å². The molecule has 0 aliphatic carbocycles. The maximum atomic E-state index is 12.0. The highest BCUT2D eigenvalue weighted by molar-refractivity contribution is 6.05. The molecule has 118 valence electrons. The van der Waals surface area contributed by atoms with Crippen LogP contribution in [0.5, 0.6) is 0 Å². The van der Waals surface area contributed by atoms with E-state index >= 15 is 0 Å². The molecule has 0 spiro atoms. The van der Waals surface area contributed by atoms with Gasteiger partial charge in [-0.15, -0.1) is 12.4 Å². The van der Waals surface area contributed by atoms with E-state index in [0.29, 0.717) is 6.42 Å². The molecular weight excluding hydrogens is 310 g/mol. The van der Waals surface area contributed by atoms with E-state index in [-0.39, 0.29) is 18.8 Å². The number of likely N-dealkylation sites (tertiary alicyclic amines) is 1. The summed E-state index contributed by atoms with van der Waals surface area (Å²) < 4.78 is 0. The Balaban J connectivity index is 0.00000242. The number of hydrogen-bond donors (Lipinski definition) is 2. The number of imide groups is 1. The fraction of sp³-hybridized carbons (Fsp3) is 0.286. The van der Waals surface area contributed by atoms with Crippen LogP contribution in [0.1, 0.15) is 17.5 Å². The Kier molecular flexibility index (Phi) is 6.06. The van der Waals surface area contributed by atoms with Crippen molar-refractivity contribution in [1.82, 2.24) is 4.90 Å². The zero-order valence-corrected chi connectivity index (χ0v) is 12.5. The minimum absolute atomic E-state index is 0. The SMILES string of the molecule is Cl.NN=Cc1ccc(CC2CC(=O)N(CC(=O)O)C2=O)cc1. The van der Waals surface area contributed by atoms with Crippen LogP contribution in [0.4, 0.5) is 0 Å². The van der Waals surface area contributed by atoms with Gasteiger partial charge >= 0.3 is 5.97 Å². The Bertz CT molecular complexity index is 601. The maximum absolute atomic E-state index is 12.0. The summed E-state index contributed by atoms with van der Waals surface area (Å²) in [5, 5.41) is 12.1. The number of halogens is 1. The van der Waals surface area contributed by atoms with Crippen molar-refractivity contribution in [3.05, 3.63) is 35.4 Å². The second-order valence-corrected chi connectivity index (χ2v) is 4.84. The Labute approximate surface area is 133 Å². The van der Waals surface area contributed by atoms with Crippen molar-refractivity contribution in [2.24, 2.45) is 16.9 Å². The van der Waals surface area contributed by atoms with E-state index < -0.39 is 30.2 Å². The van der Waals surface area contributed by atoms with Gasteiger partial charge in [0, 0.05) is 6.42 Å². The molecular formula is C14H16ClN3O4. The molecule has 1 aliphatic rings. The topological polar surface area (TPSA) is 113 Å². The van der Waals surface area contributed by atoms with Gasteiger partial charge in [0.2, 0.25) is 11.8 Å². The summed E-state index contributed by atoms with van der Waals surface area (Å²) in [4.78, 5) is 35.1. The summed E-state index contributed by atoms with van der Waals surface area (Å²) in [5.41, 5.74) is 1.73.